The monoisotopic (exact) mass is 312 g/mol. The minimum atomic E-state index is -3.66. The van der Waals surface area contributed by atoms with Gasteiger partial charge in [0.2, 0.25) is 10.0 Å². The van der Waals surface area contributed by atoms with Gasteiger partial charge in [0.05, 0.1) is 10.5 Å². The van der Waals surface area contributed by atoms with Gasteiger partial charge in [-0.05, 0) is 38.6 Å². The van der Waals surface area contributed by atoms with E-state index in [1.807, 2.05) is 14.0 Å². The lowest BCUT2D eigenvalue weighted by molar-refractivity contribution is 0.0696. The predicted octanol–water partition coefficient (Wildman–Crippen LogP) is 1.02. The Morgan fingerprint density at radius 3 is 2.57 bits per heavy atom. The number of rotatable bonds is 3. The fourth-order valence-corrected chi connectivity index (χ4v) is 4.15. The third-order valence-corrected chi connectivity index (χ3v) is 5.98. The van der Waals surface area contributed by atoms with Gasteiger partial charge in [0.25, 0.3) is 0 Å². The van der Waals surface area contributed by atoms with Gasteiger partial charge >= 0.3 is 5.97 Å². The first-order valence-electron chi connectivity index (χ1n) is 6.78. The van der Waals surface area contributed by atoms with Crippen LogP contribution in [0.5, 0.6) is 0 Å². The van der Waals surface area contributed by atoms with E-state index in [1.165, 1.54) is 22.5 Å². The van der Waals surface area contributed by atoms with Crippen LogP contribution in [-0.2, 0) is 10.0 Å². The maximum Gasteiger partial charge on any atom is 0.335 e. The highest BCUT2D eigenvalue weighted by Gasteiger charge is 2.32. The number of sulfonamides is 1. The van der Waals surface area contributed by atoms with E-state index in [-0.39, 0.29) is 16.5 Å². The highest BCUT2D eigenvalue weighted by atomic mass is 32.2. The molecule has 1 aliphatic rings. The van der Waals surface area contributed by atoms with Gasteiger partial charge in [0.1, 0.15) is 0 Å². The van der Waals surface area contributed by atoms with Crippen molar-refractivity contribution in [1.29, 1.82) is 0 Å². The number of hydrogen-bond acceptors (Lipinski definition) is 4. The molecule has 0 amide bonds. The minimum absolute atomic E-state index is 0.0126. The smallest absolute Gasteiger partial charge is 0.335 e. The highest BCUT2D eigenvalue weighted by Crippen LogP contribution is 2.23. The summed E-state index contributed by atoms with van der Waals surface area (Å²) in [5, 5.41) is 9.04. The van der Waals surface area contributed by atoms with Crippen molar-refractivity contribution in [3.05, 3.63) is 29.3 Å². The van der Waals surface area contributed by atoms with Crippen LogP contribution >= 0.6 is 0 Å². The van der Waals surface area contributed by atoms with Crippen molar-refractivity contribution in [1.82, 2.24) is 9.21 Å². The molecular formula is C14H20N2O4S. The van der Waals surface area contributed by atoms with Crippen LogP contribution in [-0.4, -0.2) is 61.4 Å². The van der Waals surface area contributed by atoms with Gasteiger partial charge in [0.15, 0.2) is 0 Å². The van der Waals surface area contributed by atoms with Gasteiger partial charge < -0.3 is 10.0 Å². The van der Waals surface area contributed by atoms with Gasteiger partial charge in [-0.2, -0.15) is 4.31 Å². The molecule has 0 saturated carbocycles. The Hall–Kier alpha value is -1.44. The molecule has 0 bridgehead atoms. The molecule has 2 rings (SSSR count). The summed E-state index contributed by atoms with van der Waals surface area (Å²) >= 11 is 0. The fourth-order valence-electron chi connectivity index (χ4n) is 2.38. The quantitative estimate of drug-likeness (QED) is 0.901. The van der Waals surface area contributed by atoms with Crippen LogP contribution < -0.4 is 0 Å². The number of aryl methyl sites for hydroxylation is 1. The Labute approximate surface area is 125 Å². The first-order valence-corrected chi connectivity index (χ1v) is 8.22. The van der Waals surface area contributed by atoms with Gasteiger partial charge in [-0.3, -0.25) is 0 Å². The maximum atomic E-state index is 12.7. The molecule has 1 unspecified atom stereocenters. The first kappa shape index (κ1) is 15.9. The molecule has 1 heterocycles. The first-order chi connectivity index (χ1) is 9.73. The van der Waals surface area contributed by atoms with Crippen molar-refractivity contribution in [3.63, 3.8) is 0 Å². The molecule has 1 aliphatic heterocycles. The molecular weight excluding hydrogens is 292 g/mol. The van der Waals surface area contributed by atoms with E-state index in [0.29, 0.717) is 25.2 Å². The summed E-state index contributed by atoms with van der Waals surface area (Å²) in [5.74, 6) is -1.13. The minimum Gasteiger partial charge on any atom is -0.478 e. The lowest BCUT2D eigenvalue weighted by Gasteiger charge is -2.37. The summed E-state index contributed by atoms with van der Waals surface area (Å²) in [7, 11) is -1.70. The molecule has 0 spiro atoms. The Bertz CT molecular complexity index is 657. The van der Waals surface area contributed by atoms with Crippen molar-refractivity contribution in [2.45, 2.75) is 24.8 Å². The standard InChI is InChI=1S/C14H20N2O4S/c1-10-4-5-12(14(17)18)8-13(10)21(19,20)16-7-6-15(3)11(2)9-16/h4-5,8,11H,6-7,9H2,1-3H3,(H,17,18). The van der Waals surface area contributed by atoms with E-state index in [4.69, 9.17) is 5.11 Å². The zero-order valence-electron chi connectivity index (χ0n) is 12.4. The predicted molar refractivity (Wildman–Crippen MR) is 79.0 cm³/mol. The molecule has 1 fully saturated rings. The maximum absolute atomic E-state index is 12.7. The topological polar surface area (TPSA) is 77.9 Å². The number of nitrogens with zero attached hydrogens (tertiary/aromatic N) is 2. The van der Waals surface area contributed by atoms with E-state index in [2.05, 4.69) is 4.90 Å². The number of piperazine rings is 1. The Morgan fingerprint density at radius 1 is 1.33 bits per heavy atom. The summed E-state index contributed by atoms with van der Waals surface area (Å²) in [5.41, 5.74) is 0.549. The Kier molecular flexibility index (Phi) is 4.36. The molecule has 1 aromatic carbocycles. The zero-order valence-corrected chi connectivity index (χ0v) is 13.2. The molecule has 1 N–H and O–H groups in total. The van der Waals surface area contributed by atoms with Gasteiger partial charge in [-0.15, -0.1) is 0 Å². The normalized spacial score (nSPS) is 21.4. The lowest BCUT2D eigenvalue weighted by Crippen LogP contribution is -2.51. The van der Waals surface area contributed by atoms with Crippen LogP contribution in [0.25, 0.3) is 0 Å². The second-order valence-electron chi connectivity index (χ2n) is 5.48. The number of carboxylic acids is 1. The molecule has 116 valence electrons. The molecule has 7 heteroatoms. The number of carboxylic acid groups (broad SMARTS) is 1. The molecule has 1 saturated heterocycles. The highest BCUT2D eigenvalue weighted by molar-refractivity contribution is 7.89. The number of aromatic carboxylic acids is 1. The molecule has 0 aliphatic carbocycles. The van der Waals surface area contributed by atoms with Crippen molar-refractivity contribution < 1.29 is 18.3 Å². The van der Waals surface area contributed by atoms with Crippen LogP contribution in [0.15, 0.2) is 23.1 Å². The number of hydrogen-bond donors (Lipinski definition) is 1. The Morgan fingerprint density at radius 2 is 2.00 bits per heavy atom. The molecule has 21 heavy (non-hydrogen) atoms. The molecule has 0 aromatic heterocycles. The van der Waals surface area contributed by atoms with E-state index in [1.54, 1.807) is 6.92 Å². The lowest BCUT2D eigenvalue weighted by atomic mass is 10.1. The van der Waals surface area contributed by atoms with Crippen LogP contribution in [0.4, 0.5) is 0 Å². The fraction of sp³-hybridized carbons (Fsp3) is 0.500. The second kappa shape index (κ2) is 5.75. The summed E-state index contributed by atoms with van der Waals surface area (Å²) in [6.07, 6.45) is 0. The molecule has 1 atom stereocenters. The third-order valence-electron chi connectivity index (χ3n) is 3.98. The number of carbonyl (C=O) groups is 1. The van der Waals surface area contributed by atoms with Gasteiger partial charge in [0, 0.05) is 25.7 Å². The number of benzene rings is 1. The summed E-state index contributed by atoms with van der Waals surface area (Å²) < 4.78 is 26.9. The van der Waals surface area contributed by atoms with Crippen molar-refractivity contribution in [2.24, 2.45) is 0 Å². The zero-order chi connectivity index (χ0) is 15.8. The van der Waals surface area contributed by atoms with E-state index < -0.39 is 16.0 Å². The summed E-state index contributed by atoms with van der Waals surface area (Å²) in [6, 6.07) is 4.34. The second-order valence-corrected chi connectivity index (χ2v) is 7.38. The Balaban J connectivity index is 2.40. The molecule has 1 aromatic rings. The van der Waals surface area contributed by atoms with Crippen molar-refractivity contribution in [2.75, 3.05) is 26.7 Å². The van der Waals surface area contributed by atoms with Gasteiger partial charge in [-0.1, -0.05) is 6.07 Å². The van der Waals surface area contributed by atoms with E-state index in [0.717, 1.165) is 0 Å². The van der Waals surface area contributed by atoms with E-state index in [9.17, 15) is 13.2 Å². The van der Waals surface area contributed by atoms with E-state index >= 15 is 0 Å². The van der Waals surface area contributed by atoms with Crippen LogP contribution in [0.1, 0.15) is 22.8 Å². The molecule has 0 radical (unpaired) electrons. The SMILES string of the molecule is Cc1ccc(C(=O)O)cc1S(=O)(=O)N1CCN(C)C(C)C1. The summed E-state index contributed by atoms with van der Waals surface area (Å²) in [6.45, 7) is 5.15. The van der Waals surface area contributed by atoms with Crippen LogP contribution in [0, 0.1) is 6.92 Å². The van der Waals surface area contributed by atoms with Crippen LogP contribution in [0.2, 0.25) is 0 Å². The average Bonchev–Trinajstić information content (AvgIpc) is 2.41. The largest absolute Gasteiger partial charge is 0.478 e. The molecule has 6 nitrogen and oxygen atoms in total. The number of likely N-dealkylation sites (N-methyl/N-ethyl adjacent to an activating group) is 1. The van der Waals surface area contributed by atoms with Crippen LogP contribution in [0.3, 0.4) is 0 Å². The van der Waals surface area contributed by atoms with Crippen molar-refractivity contribution in [3.8, 4) is 0 Å². The third kappa shape index (κ3) is 3.09. The summed E-state index contributed by atoms with van der Waals surface area (Å²) in [4.78, 5) is 13.2. The van der Waals surface area contributed by atoms with Crippen molar-refractivity contribution >= 4 is 16.0 Å². The van der Waals surface area contributed by atoms with Gasteiger partial charge in [-0.25, -0.2) is 13.2 Å². The average molecular weight is 312 g/mol.